The van der Waals surface area contributed by atoms with Crippen LogP contribution in [0.25, 0.3) is 10.9 Å². The summed E-state index contributed by atoms with van der Waals surface area (Å²) in [6.07, 6.45) is 1.94. The van der Waals surface area contributed by atoms with Crippen molar-refractivity contribution in [2.24, 2.45) is 0 Å². The standard InChI is InChI=1S/C20H22N2O2S/c1-13-6-10-17(11-7-13)25(23,24)21-12-16-9-8-15-4-3-5-18-20(15)19(16)14(2)22-18/h3-7,10-11,16,21-22H,8-9,12H2,1-2H3. The molecule has 1 heterocycles. The third-order valence-electron chi connectivity index (χ3n) is 5.17. The Morgan fingerprint density at radius 2 is 1.88 bits per heavy atom. The molecule has 5 heteroatoms. The zero-order chi connectivity index (χ0) is 17.6. The van der Waals surface area contributed by atoms with Crippen molar-refractivity contribution < 1.29 is 8.42 Å². The van der Waals surface area contributed by atoms with Crippen molar-refractivity contribution in [2.75, 3.05) is 6.54 Å². The molecule has 0 amide bonds. The molecule has 2 aromatic carbocycles. The van der Waals surface area contributed by atoms with Gasteiger partial charge < -0.3 is 4.98 Å². The molecule has 1 aliphatic rings. The lowest BCUT2D eigenvalue weighted by Crippen LogP contribution is -2.29. The summed E-state index contributed by atoms with van der Waals surface area (Å²) < 4.78 is 28.0. The summed E-state index contributed by atoms with van der Waals surface area (Å²) in [5.74, 6) is 0.198. The van der Waals surface area contributed by atoms with Crippen LogP contribution in [0.2, 0.25) is 0 Å². The molecule has 1 unspecified atom stereocenters. The number of nitrogens with one attached hydrogen (secondary N) is 2. The SMILES string of the molecule is Cc1ccc(S(=O)(=O)NCC2CCc3cccc4[nH]c(C)c2c34)cc1. The second-order valence-corrected chi connectivity index (χ2v) is 8.67. The first-order valence-corrected chi connectivity index (χ1v) is 10.1. The average molecular weight is 354 g/mol. The van der Waals surface area contributed by atoms with E-state index in [2.05, 4.69) is 34.8 Å². The first kappa shape index (κ1) is 16.4. The molecular formula is C20H22N2O2S. The average Bonchev–Trinajstić information content (AvgIpc) is 2.93. The van der Waals surface area contributed by atoms with Crippen molar-refractivity contribution in [1.29, 1.82) is 0 Å². The van der Waals surface area contributed by atoms with Gasteiger partial charge in [0.25, 0.3) is 0 Å². The topological polar surface area (TPSA) is 62.0 Å². The molecule has 0 bridgehead atoms. The molecule has 4 rings (SSSR count). The summed E-state index contributed by atoms with van der Waals surface area (Å²) in [6, 6.07) is 13.3. The number of benzene rings is 2. The van der Waals surface area contributed by atoms with Crippen molar-refractivity contribution in [3.05, 3.63) is 64.8 Å². The minimum Gasteiger partial charge on any atom is -0.358 e. The van der Waals surface area contributed by atoms with Gasteiger partial charge in [-0.05, 0) is 56.0 Å². The molecule has 1 atom stereocenters. The number of aromatic amines is 1. The van der Waals surface area contributed by atoms with Crippen LogP contribution in [0.5, 0.6) is 0 Å². The van der Waals surface area contributed by atoms with Gasteiger partial charge in [-0.25, -0.2) is 13.1 Å². The number of hydrogen-bond acceptors (Lipinski definition) is 2. The van der Waals surface area contributed by atoms with Crippen LogP contribution in [0.15, 0.2) is 47.4 Å². The van der Waals surface area contributed by atoms with Gasteiger partial charge in [-0.2, -0.15) is 0 Å². The van der Waals surface area contributed by atoms with E-state index < -0.39 is 10.0 Å². The van der Waals surface area contributed by atoms with E-state index in [0.717, 1.165) is 29.6 Å². The molecule has 0 saturated carbocycles. The van der Waals surface area contributed by atoms with E-state index in [1.807, 2.05) is 19.1 Å². The van der Waals surface area contributed by atoms with Crippen LogP contribution in [0.3, 0.4) is 0 Å². The highest BCUT2D eigenvalue weighted by Crippen LogP contribution is 2.38. The molecule has 0 fully saturated rings. The minimum absolute atomic E-state index is 0.198. The van der Waals surface area contributed by atoms with E-state index in [-0.39, 0.29) is 5.92 Å². The second kappa shape index (κ2) is 6.00. The van der Waals surface area contributed by atoms with Gasteiger partial charge in [-0.15, -0.1) is 0 Å². The van der Waals surface area contributed by atoms with E-state index in [9.17, 15) is 8.42 Å². The maximum absolute atomic E-state index is 12.6. The highest BCUT2D eigenvalue weighted by Gasteiger charge is 2.26. The van der Waals surface area contributed by atoms with Gasteiger partial charge in [0.15, 0.2) is 0 Å². The van der Waals surface area contributed by atoms with E-state index in [1.165, 1.54) is 16.5 Å². The normalized spacial score (nSPS) is 17.1. The summed E-state index contributed by atoms with van der Waals surface area (Å²) in [4.78, 5) is 3.77. The summed E-state index contributed by atoms with van der Waals surface area (Å²) in [6.45, 7) is 4.45. The predicted octanol–water partition coefficient (Wildman–Crippen LogP) is 3.79. The third-order valence-corrected chi connectivity index (χ3v) is 6.61. The van der Waals surface area contributed by atoms with Crippen molar-refractivity contribution in [3.63, 3.8) is 0 Å². The minimum atomic E-state index is -3.48. The third kappa shape index (κ3) is 2.87. The van der Waals surface area contributed by atoms with E-state index >= 15 is 0 Å². The molecule has 1 aromatic heterocycles. The molecule has 0 radical (unpaired) electrons. The molecule has 25 heavy (non-hydrogen) atoms. The van der Waals surface area contributed by atoms with Crippen molar-refractivity contribution in [2.45, 2.75) is 37.5 Å². The van der Waals surface area contributed by atoms with Crippen LogP contribution >= 0.6 is 0 Å². The Labute approximate surface area is 148 Å². The Balaban J connectivity index is 1.61. The lowest BCUT2D eigenvalue weighted by atomic mass is 9.83. The number of sulfonamides is 1. The molecule has 0 spiro atoms. The van der Waals surface area contributed by atoms with Gasteiger partial charge in [0.05, 0.1) is 4.90 Å². The summed E-state index contributed by atoms with van der Waals surface area (Å²) in [7, 11) is -3.48. The lowest BCUT2D eigenvalue weighted by Gasteiger charge is -2.24. The molecule has 0 aliphatic heterocycles. The van der Waals surface area contributed by atoms with Crippen molar-refractivity contribution in [1.82, 2.24) is 9.71 Å². The van der Waals surface area contributed by atoms with Crippen LogP contribution in [-0.2, 0) is 16.4 Å². The molecule has 130 valence electrons. The summed E-state index contributed by atoms with van der Waals surface area (Å²) >= 11 is 0. The molecular weight excluding hydrogens is 332 g/mol. The number of aromatic nitrogens is 1. The Hall–Kier alpha value is -2.11. The number of H-pyrrole nitrogens is 1. The first-order chi connectivity index (χ1) is 12.0. The van der Waals surface area contributed by atoms with Crippen molar-refractivity contribution >= 4 is 20.9 Å². The molecule has 2 N–H and O–H groups in total. The van der Waals surface area contributed by atoms with Gasteiger partial charge in [0, 0.05) is 29.1 Å². The monoisotopic (exact) mass is 354 g/mol. The Kier molecular flexibility index (Phi) is 3.93. The first-order valence-electron chi connectivity index (χ1n) is 8.62. The summed E-state index contributed by atoms with van der Waals surface area (Å²) in [5.41, 5.74) is 5.96. The van der Waals surface area contributed by atoms with Crippen LogP contribution in [0.4, 0.5) is 0 Å². The van der Waals surface area contributed by atoms with Crippen molar-refractivity contribution in [3.8, 4) is 0 Å². The van der Waals surface area contributed by atoms with E-state index in [1.54, 1.807) is 12.1 Å². The Bertz CT molecular complexity index is 1030. The fourth-order valence-corrected chi connectivity index (χ4v) is 4.97. The highest BCUT2D eigenvalue weighted by atomic mass is 32.2. The van der Waals surface area contributed by atoms with Gasteiger partial charge in [0.2, 0.25) is 10.0 Å². The van der Waals surface area contributed by atoms with Crippen LogP contribution < -0.4 is 4.72 Å². The van der Waals surface area contributed by atoms with E-state index in [0.29, 0.717) is 11.4 Å². The van der Waals surface area contributed by atoms with Crippen LogP contribution in [-0.4, -0.2) is 19.9 Å². The second-order valence-electron chi connectivity index (χ2n) is 6.90. The molecule has 1 aliphatic carbocycles. The number of hydrogen-bond donors (Lipinski definition) is 2. The fourth-order valence-electron chi connectivity index (χ4n) is 3.89. The zero-order valence-electron chi connectivity index (χ0n) is 14.5. The maximum Gasteiger partial charge on any atom is 0.240 e. The van der Waals surface area contributed by atoms with Gasteiger partial charge in [-0.1, -0.05) is 29.8 Å². The highest BCUT2D eigenvalue weighted by molar-refractivity contribution is 7.89. The van der Waals surface area contributed by atoms with Crippen LogP contribution in [0, 0.1) is 13.8 Å². The quantitative estimate of drug-likeness (QED) is 0.749. The maximum atomic E-state index is 12.6. The van der Waals surface area contributed by atoms with E-state index in [4.69, 9.17) is 0 Å². The largest absolute Gasteiger partial charge is 0.358 e. The predicted molar refractivity (Wildman–Crippen MR) is 100 cm³/mol. The molecule has 4 nitrogen and oxygen atoms in total. The van der Waals surface area contributed by atoms with Gasteiger partial charge >= 0.3 is 0 Å². The molecule has 3 aromatic rings. The Morgan fingerprint density at radius 3 is 2.64 bits per heavy atom. The van der Waals surface area contributed by atoms with Gasteiger partial charge in [-0.3, -0.25) is 0 Å². The zero-order valence-corrected chi connectivity index (χ0v) is 15.3. The fraction of sp³-hybridized carbons (Fsp3) is 0.300. The Morgan fingerprint density at radius 1 is 1.12 bits per heavy atom. The number of rotatable bonds is 4. The number of aryl methyl sites for hydroxylation is 3. The van der Waals surface area contributed by atoms with Crippen LogP contribution in [0.1, 0.15) is 34.7 Å². The molecule has 0 saturated heterocycles. The smallest absolute Gasteiger partial charge is 0.240 e. The van der Waals surface area contributed by atoms with Gasteiger partial charge in [0.1, 0.15) is 0 Å². The lowest BCUT2D eigenvalue weighted by molar-refractivity contribution is 0.556. The summed E-state index contributed by atoms with van der Waals surface area (Å²) in [5, 5.41) is 1.28.